The number of carbonyl (C=O) groups is 1. The van der Waals surface area contributed by atoms with Crippen LogP contribution in [-0.4, -0.2) is 33.2 Å². The molecule has 0 aliphatic heterocycles. The maximum Gasteiger partial charge on any atom is 0.238 e. The summed E-state index contributed by atoms with van der Waals surface area (Å²) in [6, 6.07) is 9.43. The van der Waals surface area contributed by atoms with Crippen molar-refractivity contribution in [2.75, 3.05) is 12.8 Å². The minimum Gasteiger partial charge on any atom is -0.354 e. The van der Waals surface area contributed by atoms with Crippen LogP contribution in [0.5, 0.6) is 0 Å². The molecule has 1 aliphatic carbocycles. The number of sulfonamides is 1. The fraction of sp³-hybridized carbons (Fsp3) is 0.588. The van der Waals surface area contributed by atoms with Crippen molar-refractivity contribution in [1.82, 2.24) is 10.0 Å². The zero-order valence-corrected chi connectivity index (χ0v) is 14.8. The lowest BCUT2D eigenvalue weighted by Gasteiger charge is -2.24. The number of rotatable bonds is 8. The number of amides is 1. The Kier molecular flexibility index (Phi) is 5.47. The van der Waals surface area contributed by atoms with Crippen molar-refractivity contribution in [3.8, 4) is 0 Å². The van der Waals surface area contributed by atoms with Gasteiger partial charge in [-0.05, 0) is 24.3 Å². The molecule has 2 unspecified atom stereocenters. The summed E-state index contributed by atoms with van der Waals surface area (Å²) in [5.41, 5.74) is 1.25. The van der Waals surface area contributed by atoms with E-state index in [-0.39, 0.29) is 17.2 Å². The number of hydrogen-bond donors (Lipinski definition) is 2. The van der Waals surface area contributed by atoms with Crippen LogP contribution in [0.4, 0.5) is 0 Å². The number of benzene rings is 1. The first-order valence-corrected chi connectivity index (χ1v) is 9.97. The molecule has 1 fully saturated rings. The van der Waals surface area contributed by atoms with Crippen LogP contribution in [0.15, 0.2) is 30.3 Å². The number of nitrogens with one attached hydrogen (secondary N) is 2. The van der Waals surface area contributed by atoms with Gasteiger partial charge in [0, 0.05) is 12.0 Å². The molecule has 1 saturated carbocycles. The summed E-state index contributed by atoms with van der Waals surface area (Å²) in [7, 11) is -3.42. The first kappa shape index (κ1) is 17.9. The van der Waals surface area contributed by atoms with Crippen LogP contribution in [0, 0.1) is 5.92 Å². The van der Waals surface area contributed by atoms with E-state index in [1.54, 1.807) is 0 Å². The molecule has 0 spiro atoms. The minimum absolute atomic E-state index is 0.0159. The van der Waals surface area contributed by atoms with Gasteiger partial charge in [-0.2, -0.15) is 0 Å². The molecule has 0 radical (unpaired) electrons. The Bertz CT molecular complexity index is 639. The zero-order valence-electron chi connectivity index (χ0n) is 14.0. The van der Waals surface area contributed by atoms with Crippen molar-refractivity contribution in [1.29, 1.82) is 0 Å². The molecule has 128 valence electrons. The Labute approximate surface area is 138 Å². The van der Waals surface area contributed by atoms with Crippen molar-refractivity contribution in [3.63, 3.8) is 0 Å². The lowest BCUT2D eigenvalue weighted by atomic mass is 9.95. The van der Waals surface area contributed by atoms with Crippen LogP contribution >= 0.6 is 0 Å². The van der Waals surface area contributed by atoms with Crippen LogP contribution in [0.2, 0.25) is 0 Å². The van der Waals surface area contributed by atoms with Gasteiger partial charge in [0.05, 0.1) is 6.26 Å². The van der Waals surface area contributed by atoms with Crippen molar-refractivity contribution >= 4 is 15.9 Å². The summed E-state index contributed by atoms with van der Waals surface area (Å²) in [4.78, 5) is 12.5. The van der Waals surface area contributed by atoms with Crippen LogP contribution in [-0.2, 0) is 20.2 Å². The van der Waals surface area contributed by atoms with Gasteiger partial charge in [-0.1, -0.05) is 50.6 Å². The van der Waals surface area contributed by atoms with Crippen LogP contribution in [0.3, 0.4) is 0 Å². The maximum absolute atomic E-state index is 12.5. The molecular formula is C17H26N2O3S. The Morgan fingerprint density at radius 2 is 1.87 bits per heavy atom. The number of carbonyl (C=O) groups excluding carboxylic acids is 1. The van der Waals surface area contributed by atoms with Gasteiger partial charge in [0.25, 0.3) is 0 Å². The van der Waals surface area contributed by atoms with Crippen molar-refractivity contribution in [3.05, 3.63) is 35.9 Å². The highest BCUT2D eigenvalue weighted by Crippen LogP contribution is 2.47. The van der Waals surface area contributed by atoms with Gasteiger partial charge in [-0.15, -0.1) is 0 Å². The van der Waals surface area contributed by atoms with Gasteiger partial charge in [0.2, 0.25) is 15.9 Å². The lowest BCUT2D eigenvalue weighted by molar-refractivity contribution is -0.123. The minimum atomic E-state index is -3.42. The third-order valence-electron chi connectivity index (χ3n) is 4.68. The van der Waals surface area contributed by atoms with E-state index in [0.717, 1.165) is 25.5 Å². The largest absolute Gasteiger partial charge is 0.354 e. The van der Waals surface area contributed by atoms with Gasteiger partial charge in [0.15, 0.2) is 0 Å². The third kappa shape index (κ3) is 4.78. The molecule has 6 heteroatoms. The van der Waals surface area contributed by atoms with Gasteiger partial charge < -0.3 is 5.32 Å². The second-order valence-corrected chi connectivity index (χ2v) is 8.40. The van der Waals surface area contributed by atoms with Gasteiger partial charge in [-0.3, -0.25) is 4.79 Å². The molecule has 0 saturated heterocycles. The van der Waals surface area contributed by atoms with E-state index in [4.69, 9.17) is 0 Å². The molecule has 1 aliphatic rings. The SMILES string of the molecule is CCC(C)C(NS(C)(=O)=O)C(=O)NCC1(c2ccccc2)CC1. The average molecular weight is 338 g/mol. The van der Waals surface area contributed by atoms with Gasteiger partial charge in [-0.25, -0.2) is 13.1 Å². The Morgan fingerprint density at radius 3 is 2.35 bits per heavy atom. The monoisotopic (exact) mass is 338 g/mol. The quantitative estimate of drug-likeness (QED) is 0.759. The highest BCUT2D eigenvalue weighted by molar-refractivity contribution is 7.88. The smallest absolute Gasteiger partial charge is 0.238 e. The molecule has 23 heavy (non-hydrogen) atoms. The molecule has 0 bridgehead atoms. The summed E-state index contributed by atoms with van der Waals surface area (Å²) >= 11 is 0. The van der Waals surface area contributed by atoms with Crippen LogP contribution in [0.1, 0.15) is 38.7 Å². The summed E-state index contributed by atoms with van der Waals surface area (Å²) in [5.74, 6) is -0.302. The van der Waals surface area contributed by atoms with Crippen molar-refractivity contribution < 1.29 is 13.2 Å². The molecule has 0 heterocycles. The molecule has 1 aromatic rings. The summed E-state index contributed by atoms with van der Waals surface area (Å²) in [6.07, 6.45) is 3.90. The summed E-state index contributed by atoms with van der Waals surface area (Å²) in [6.45, 7) is 4.38. The van der Waals surface area contributed by atoms with E-state index in [2.05, 4.69) is 22.2 Å². The maximum atomic E-state index is 12.5. The molecule has 2 N–H and O–H groups in total. The molecule has 5 nitrogen and oxygen atoms in total. The molecule has 2 atom stereocenters. The third-order valence-corrected chi connectivity index (χ3v) is 5.36. The molecule has 2 rings (SSSR count). The predicted molar refractivity (Wildman–Crippen MR) is 91.6 cm³/mol. The van der Waals surface area contributed by atoms with Crippen molar-refractivity contribution in [2.24, 2.45) is 5.92 Å². The Hall–Kier alpha value is -1.40. The first-order valence-electron chi connectivity index (χ1n) is 8.08. The van der Waals surface area contributed by atoms with Crippen LogP contribution in [0.25, 0.3) is 0 Å². The van der Waals surface area contributed by atoms with E-state index in [9.17, 15) is 13.2 Å². The molecule has 0 aromatic heterocycles. The summed E-state index contributed by atoms with van der Waals surface area (Å²) in [5, 5.41) is 2.96. The highest BCUT2D eigenvalue weighted by atomic mass is 32.2. The standard InChI is InChI=1S/C17H26N2O3S/c1-4-13(2)15(19-23(3,21)22)16(20)18-12-17(10-11-17)14-8-6-5-7-9-14/h5-9,13,15,19H,4,10-12H2,1-3H3,(H,18,20). The second-order valence-electron chi connectivity index (χ2n) is 6.62. The van der Waals surface area contributed by atoms with Gasteiger partial charge in [0.1, 0.15) is 6.04 Å². The second kappa shape index (κ2) is 7.01. The van der Waals surface area contributed by atoms with Crippen molar-refractivity contribution in [2.45, 2.75) is 44.6 Å². The predicted octanol–water partition coefficient (Wildman–Crippen LogP) is 1.80. The molecule has 1 aromatic carbocycles. The fourth-order valence-corrected chi connectivity index (χ4v) is 3.57. The highest BCUT2D eigenvalue weighted by Gasteiger charge is 2.44. The number of hydrogen-bond acceptors (Lipinski definition) is 3. The Balaban J connectivity index is 2.02. The fourth-order valence-electron chi connectivity index (χ4n) is 2.77. The van der Waals surface area contributed by atoms with E-state index in [1.165, 1.54) is 5.56 Å². The Morgan fingerprint density at radius 1 is 1.26 bits per heavy atom. The van der Waals surface area contributed by atoms with E-state index < -0.39 is 16.1 Å². The normalized spacial score (nSPS) is 18.9. The summed E-state index contributed by atoms with van der Waals surface area (Å²) < 4.78 is 25.5. The van der Waals surface area contributed by atoms with E-state index >= 15 is 0 Å². The van der Waals surface area contributed by atoms with E-state index in [1.807, 2.05) is 32.0 Å². The lowest BCUT2D eigenvalue weighted by Crippen LogP contribution is -2.51. The zero-order chi connectivity index (χ0) is 17.1. The molecule has 1 amide bonds. The first-order chi connectivity index (χ1) is 10.8. The van der Waals surface area contributed by atoms with Gasteiger partial charge >= 0.3 is 0 Å². The average Bonchev–Trinajstić information content (AvgIpc) is 3.31. The van der Waals surface area contributed by atoms with Crippen LogP contribution < -0.4 is 10.0 Å². The van der Waals surface area contributed by atoms with E-state index in [0.29, 0.717) is 6.54 Å². The molecular weight excluding hydrogens is 312 g/mol. The topological polar surface area (TPSA) is 75.3 Å².